The summed E-state index contributed by atoms with van der Waals surface area (Å²) < 4.78 is 9.77. The number of ketones is 2. The van der Waals surface area contributed by atoms with Crippen LogP contribution in [0.25, 0.3) is 11.4 Å². The highest BCUT2D eigenvalue weighted by Crippen LogP contribution is 2.18. The van der Waals surface area contributed by atoms with Crippen molar-refractivity contribution in [3.63, 3.8) is 0 Å². The van der Waals surface area contributed by atoms with Gasteiger partial charge in [-0.1, -0.05) is 30.3 Å². The molecule has 0 amide bonds. The van der Waals surface area contributed by atoms with Gasteiger partial charge in [-0.15, -0.1) is 0 Å². The van der Waals surface area contributed by atoms with Gasteiger partial charge in [0, 0.05) is 18.0 Å². The molecule has 0 radical (unpaired) electrons. The zero-order valence-corrected chi connectivity index (χ0v) is 19.2. The average Bonchev–Trinajstić information content (AvgIpc) is 2.79. The molecular formula is C23H25N5O6. The Labute approximate surface area is 196 Å². The molecule has 0 aliphatic heterocycles. The monoisotopic (exact) mass is 467 g/mol. The van der Waals surface area contributed by atoms with Crippen molar-refractivity contribution in [2.45, 2.75) is 27.7 Å². The largest absolute Gasteiger partial charge is 0.462 e. The maximum absolute atomic E-state index is 12.0. The lowest BCUT2D eigenvalue weighted by Crippen LogP contribution is -2.16. The second-order valence-corrected chi connectivity index (χ2v) is 6.63. The predicted octanol–water partition coefficient (Wildman–Crippen LogP) is 2.43. The molecule has 34 heavy (non-hydrogen) atoms. The molecule has 0 aliphatic carbocycles. The topological polar surface area (TPSA) is 149 Å². The third kappa shape index (κ3) is 7.33. The minimum Gasteiger partial charge on any atom is -0.462 e. The number of nitrogens with one attached hydrogen (secondary N) is 2. The molecule has 1 heterocycles. The molecule has 0 aliphatic rings. The number of hydrogen-bond acceptors (Lipinski definition) is 11. The van der Waals surface area contributed by atoms with E-state index in [-0.39, 0.29) is 42.1 Å². The molecular weight excluding hydrogens is 442 g/mol. The van der Waals surface area contributed by atoms with Gasteiger partial charge in [0.2, 0.25) is 11.9 Å². The summed E-state index contributed by atoms with van der Waals surface area (Å²) in [5.41, 5.74) is 0.205. The zero-order valence-electron chi connectivity index (χ0n) is 19.2. The van der Waals surface area contributed by atoms with Crippen LogP contribution in [0.2, 0.25) is 0 Å². The fourth-order valence-electron chi connectivity index (χ4n) is 2.52. The second-order valence-electron chi connectivity index (χ2n) is 6.63. The molecule has 0 saturated heterocycles. The van der Waals surface area contributed by atoms with E-state index in [0.29, 0.717) is 5.56 Å². The molecule has 2 aromatic rings. The molecule has 0 atom stereocenters. The van der Waals surface area contributed by atoms with Crippen LogP contribution < -0.4 is 10.6 Å². The van der Waals surface area contributed by atoms with Crippen LogP contribution in [-0.4, -0.2) is 51.7 Å². The van der Waals surface area contributed by atoms with E-state index in [0.717, 1.165) is 12.4 Å². The van der Waals surface area contributed by atoms with Gasteiger partial charge >= 0.3 is 11.9 Å². The summed E-state index contributed by atoms with van der Waals surface area (Å²) in [6, 6.07) is 8.96. The third-order valence-electron chi connectivity index (χ3n) is 4.11. The fraction of sp³-hybridized carbons (Fsp3) is 0.261. The van der Waals surface area contributed by atoms with Crippen LogP contribution in [0.4, 0.5) is 11.9 Å². The van der Waals surface area contributed by atoms with Crippen molar-refractivity contribution in [3.05, 3.63) is 53.9 Å². The van der Waals surface area contributed by atoms with Crippen molar-refractivity contribution in [1.29, 1.82) is 0 Å². The average molecular weight is 467 g/mol. The highest BCUT2D eigenvalue weighted by molar-refractivity contribution is 6.17. The van der Waals surface area contributed by atoms with Crippen molar-refractivity contribution in [3.8, 4) is 11.4 Å². The number of anilines is 2. The van der Waals surface area contributed by atoms with E-state index in [2.05, 4.69) is 25.6 Å². The summed E-state index contributed by atoms with van der Waals surface area (Å²) >= 11 is 0. The second kappa shape index (κ2) is 12.6. The first-order valence-electron chi connectivity index (χ1n) is 10.4. The number of nitrogens with zero attached hydrogens (tertiary/aromatic N) is 3. The van der Waals surface area contributed by atoms with Gasteiger partial charge < -0.3 is 20.1 Å². The van der Waals surface area contributed by atoms with Crippen LogP contribution in [0.3, 0.4) is 0 Å². The van der Waals surface area contributed by atoms with Crippen molar-refractivity contribution in [2.75, 3.05) is 23.8 Å². The van der Waals surface area contributed by atoms with E-state index < -0.39 is 23.5 Å². The van der Waals surface area contributed by atoms with E-state index >= 15 is 0 Å². The van der Waals surface area contributed by atoms with Crippen LogP contribution in [-0.2, 0) is 28.7 Å². The number of benzene rings is 1. The number of esters is 2. The van der Waals surface area contributed by atoms with Crippen molar-refractivity contribution in [1.82, 2.24) is 15.0 Å². The van der Waals surface area contributed by atoms with E-state index in [9.17, 15) is 19.2 Å². The molecule has 0 spiro atoms. The van der Waals surface area contributed by atoms with E-state index in [1.54, 1.807) is 38.1 Å². The summed E-state index contributed by atoms with van der Waals surface area (Å²) in [5.74, 6) is -2.36. The van der Waals surface area contributed by atoms with Crippen LogP contribution >= 0.6 is 0 Å². The van der Waals surface area contributed by atoms with Gasteiger partial charge in [-0.2, -0.15) is 15.0 Å². The molecule has 2 N–H and O–H groups in total. The number of rotatable bonds is 11. The smallest absolute Gasteiger partial charge is 0.343 e. The number of ether oxygens (including phenoxy) is 2. The lowest BCUT2D eigenvalue weighted by molar-refractivity contribution is -0.141. The number of carbonyl (C=O) groups is 4. The summed E-state index contributed by atoms with van der Waals surface area (Å²) in [6.45, 7) is 5.91. The van der Waals surface area contributed by atoms with Crippen LogP contribution in [0.1, 0.15) is 27.7 Å². The van der Waals surface area contributed by atoms with Gasteiger partial charge in [0.15, 0.2) is 17.4 Å². The Morgan fingerprint density at radius 3 is 1.59 bits per heavy atom. The van der Waals surface area contributed by atoms with Crippen molar-refractivity contribution >= 4 is 35.4 Å². The Morgan fingerprint density at radius 2 is 1.21 bits per heavy atom. The Bertz CT molecular complexity index is 1060. The van der Waals surface area contributed by atoms with Gasteiger partial charge in [0.1, 0.15) is 11.1 Å². The highest BCUT2D eigenvalue weighted by atomic mass is 16.5. The Balaban J connectivity index is 2.46. The van der Waals surface area contributed by atoms with Crippen molar-refractivity contribution < 1.29 is 28.7 Å². The van der Waals surface area contributed by atoms with Gasteiger partial charge in [-0.25, -0.2) is 9.59 Å². The summed E-state index contributed by atoms with van der Waals surface area (Å²) in [4.78, 5) is 60.5. The number of carbonyl (C=O) groups excluding carboxylic acids is 4. The Kier molecular flexibility index (Phi) is 9.56. The molecule has 0 unspecified atom stereocenters. The minimum atomic E-state index is -0.790. The van der Waals surface area contributed by atoms with Crippen LogP contribution in [0.15, 0.2) is 53.9 Å². The van der Waals surface area contributed by atoms with Crippen LogP contribution in [0, 0.1) is 0 Å². The fourth-order valence-corrected chi connectivity index (χ4v) is 2.52. The van der Waals surface area contributed by atoms with E-state index in [1.165, 1.54) is 13.8 Å². The minimum absolute atomic E-state index is 0.00619. The number of aromatic nitrogens is 3. The highest BCUT2D eigenvalue weighted by Gasteiger charge is 2.18. The number of hydrogen-bond donors (Lipinski definition) is 2. The first-order valence-corrected chi connectivity index (χ1v) is 10.4. The van der Waals surface area contributed by atoms with Gasteiger partial charge in [-0.05, 0) is 27.7 Å². The van der Waals surface area contributed by atoms with Crippen molar-refractivity contribution in [2.24, 2.45) is 0 Å². The van der Waals surface area contributed by atoms with Gasteiger partial charge in [0.05, 0.1) is 13.2 Å². The summed E-state index contributed by atoms with van der Waals surface area (Å²) in [5, 5.41) is 5.41. The Hall–Kier alpha value is -4.41. The molecule has 1 aromatic heterocycles. The first kappa shape index (κ1) is 25.8. The quantitative estimate of drug-likeness (QED) is 0.217. The molecule has 178 valence electrons. The summed E-state index contributed by atoms with van der Waals surface area (Å²) in [7, 11) is 0. The molecule has 11 heteroatoms. The lowest BCUT2D eigenvalue weighted by atomic mass is 10.2. The van der Waals surface area contributed by atoms with E-state index in [4.69, 9.17) is 9.47 Å². The van der Waals surface area contributed by atoms with Gasteiger partial charge in [0.25, 0.3) is 0 Å². The van der Waals surface area contributed by atoms with Gasteiger partial charge in [-0.3, -0.25) is 9.59 Å². The normalized spacial score (nSPS) is 11.4. The first-order chi connectivity index (χ1) is 16.3. The standard InChI is InChI=1S/C23H25N5O6/c1-5-33-20(31)17(14(3)29)12-24-22-26-19(16-10-8-7-9-11-16)27-23(28-22)25-13-18(15(4)30)21(32)34-6-2/h7-13H,5-6H2,1-4H3,(H2,24,25,26,27,28)/b17-12-,18-13+. The van der Waals surface area contributed by atoms with E-state index in [1.807, 2.05) is 6.07 Å². The Morgan fingerprint density at radius 1 is 0.765 bits per heavy atom. The molecule has 2 rings (SSSR count). The maximum Gasteiger partial charge on any atom is 0.343 e. The summed E-state index contributed by atoms with van der Waals surface area (Å²) in [6.07, 6.45) is 2.29. The lowest BCUT2D eigenvalue weighted by Gasteiger charge is -2.09. The number of Topliss-reactive ketones (excluding diaryl/α,β-unsaturated/α-hetero) is 2. The molecule has 11 nitrogen and oxygen atoms in total. The molecule has 0 saturated carbocycles. The maximum atomic E-state index is 12.0. The zero-order chi connectivity index (χ0) is 25.1. The predicted molar refractivity (Wildman–Crippen MR) is 123 cm³/mol. The SMILES string of the molecule is CCOC(=O)/C(=C\Nc1nc(N/C=C(\C(C)=O)C(=O)OCC)nc(-c2ccccc2)n1)C(C)=O. The molecule has 0 bridgehead atoms. The molecule has 0 fully saturated rings. The third-order valence-corrected chi connectivity index (χ3v) is 4.11. The van der Waals surface area contributed by atoms with Crippen LogP contribution in [0.5, 0.6) is 0 Å². The molecule has 1 aromatic carbocycles.